The highest BCUT2D eigenvalue weighted by atomic mass is 32.2. The third-order valence-corrected chi connectivity index (χ3v) is 3.73. The number of rotatable bonds is 2. The highest BCUT2D eigenvalue weighted by molar-refractivity contribution is 8.14. The molecule has 1 fully saturated rings. The van der Waals surface area contributed by atoms with E-state index in [1.54, 1.807) is 0 Å². The molecule has 0 bridgehead atoms. The molecule has 19 heavy (non-hydrogen) atoms. The highest BCUT2D eigenvalue weighted by Gasteiger charge is 2.32. The summed E-state index contributed by atoms with van der Waals surface area (Å²) < 4.78 is 13.4. The molecule has 2 rings (SSSR count). The molecule has 1 aliphatic rings. The first kappa shape index (κ1) is 13.6. The minimum Gasteiger partial charge on any atom is -0.311 e. The molecule has 1 atom stereocenters. The van der Waals surface area contributed by atoms with Crippen LogP contribution >= 0.6 is 11.8 Å². The fourth-order valence-electron chi connectivity index (χ4n) is 2.03. The van der Waals surface area contributed by atoms with E-state index in [0.29, 0.717) is 12.2 Å². The predicted molar refractivity (Wildman–Crippen MR) is 70.1 cm³/mol. The summed E-state index contributed by atoms with van der Waals surface area (Å²) in [4.78, 5) is 24.3. The molecular weight excluding hydrogens is 267 g/mol. The number of anilines is 1. The van der Waals surface area contributed by atoms with Gasteiger partial charge in [-0.3, -0.25) is 9.59 Å². The maximum absolute atomic E-state index is 13.4. The lowest BCUT2D eigenvalue weighted by atomic mass is 10.2. The van der Waals surface area contributed by atoms with Crippen molar-refractivity contribution in [1.29, 1.82) is 5.26 Å². The Kier molecular flexibility index (Phi) is 3.86. The van der Waals surface area contributed by atoms with Gasteiger partial charge in [0.1, 0.15) is 5.82 Å². The van der Waals surface area contributed by atoms with E-state index in [4.69, 9.17) is 5.26 Å². The van der Waals surface area contributed by atoms with Crippen LogP contribution in [0.4, 0.5) is 10.1 Å². The number of carbonyl (C=O) groups is 2. The first-order valence-electron chi connectivity index (χ1n) is 5.68. The quantitative estimate of drug-likeness (QED) is 0.831. The van der Waals surface area contributed by atoms with E-state index < -0.39 is 5.82 Å². The standard InChI is InChI=1S/C13H11FN2O2S/c1-8(17)19-12-5-13(18)16(7-12)11-3-9(6-15)2-10(14)4-11/h2-4,12H,5,7H2,1H3. The number of carbonyl (C=O) groups excluding carboxylic acids is 2. The molecule has 0 spiro atoms. The fraction of sp³-hybridized carbons (Fsp3) is 0.308. The molecule has 1 aromatic carbocycles. The Morgan fingerprint density at radius 1 is 1.53 bits per heavy atom. The molecule has 6 heteroatoms. The van der Waals surface area contributed by atoms with Crippen LogP contribution in [0.5, 0.6) is 0 Å². The summed E-state index contributed by atoms with van der Waals surface area (Å²) in [5, 5.41) is 8.64. The molecule has 1 saturated heterocycles. The van der Waals surface area contributed by atoms with Crippen molar-refractivity contribution in [3.8, 4) is 6.07 Å². The van der Waals surface area contributed by atoms with Gasteiger partial charge in [0.15, 0.2) is 5.12 Å². The topological polar surface area (TPSA) is 61.2 Å². The smallest absolute Gasteiger partial charge is 0.228 e. The van der Waals surface area contributed by atoms with Crippen LogP contribution in [0.3, 0.4) is 0 Å². The molecule has 4 nitrogen and oxygen atoms in total. The Balaban J connectivity index is 2.23. The fourth-order valence-corrected chi connectivity index (χ4v) is 2.95. The van der Waals surface area contributed by atoms with E-state index in [2.05, 4.69) is 0 Å². The SMILES string of the molecule is CC(=O)SC1CC(=O)N(c2cc(F)cc(C#N)c2)C1. The molecule has 0 aliphatic carbocycles. The van der Waals surface area contributed by atoms with Gasteiger partial charge in [0.05, 0.1) is 11.6 Å². The molecule has 1 amide bonds. The number of benzene rings is 1. The largest absolute Gasteiger partial charge is 0.311 e. The second-order valence-electron chi connectivity index (χ2n) is 4.25. The van der Waals surface area contributed by atoms with Gasteiger partial charge in [-0.1, -0.05) is 11.8 Å². The second-order valence-corrected chi connectivity index (χ2v) is 5.73. The van der Waals surface area contributed by atoms with E-state index in [-0.39, 0.29) is 28.3 Å². The molecule has 0 aromatic heterocycles. The van der Waals surface area contributed by atoms with Crippen LogP contribution in [0, 0.1) is 17.1 Å². The third-order valence-electron chi connectivity index (χ3n) is 2.75. The summed E-state index contributed by atoms with van der Waals surface area (Å²) in [7, 11) is 0. The minimum absolute atomic E-state index is 0.0448. The van der Waals surface area contributed by atoms with Crippen LogP contribution in [0.1, 0.15) is 18.9 Å². The molecule has 98 valence electrons. The monoisotopic (exact) mass is 278 g/mol. The number of thioether (sulfide) groups is 1. The summed E-state index contributed by atoms with van der Waals surface area (Å²) in [6.45, 7) is 1.81. The van der Waals surface area contributed by atoms with Crippen molar-refractivity contribution < 1.29 is 14.0 Å². The van der Waals surface area contributed by atoms with Gasteiger partial charge in [-0.05, 0) is 18.2 Å². The zero-order valence-electron chi connectivity index (χ0n) is 10.2. The first-order chi connectivity index (χ1) is 8.99. The van der Waals surface area contributed by atoms with Gasteiger partial charge >= 0.3 is 0 Å². The van der Waals surface area contributed by atoms with E-state index >= 15 is 0 Å². The molecular formula is C13H11FN2O2S. The average molecular weight is 278 g/mol. The van der Waals surface area contributed by atoms with Gasteiger partial charge in [0, 0.05) is 30.8 Å². The number of nitriles is 1. The van der Waals surface area contributed by atoms with Gasteiger partial charge < -0.3 is 4.90 Å². The molecule has 1 unspecified atom stereocenters. The molecule has 0 N–H and O–H groups in total. The first-order valence-corrected chi connectivity index (χ1v) is 6.56. The van der Waals surface area contributed by atoms with Crippen molar-refractivity contribution in [1.82, 2.24) is 0 Å². The van der Waals surface area contributed by atoms with Crippen molar-refractivity contribution in [2.45, 2.75) is 18.6 Å². The summed E-state index contributed by atoms with van der Waals surface area (Å²) in [6.07, 6.45) is 0.253. The van der Waals surface area contributed by atoms with Gasteiger partial charge in [-0.2, -0.15) is 5.26 Å². The average Bonchev–Trinajstić information content (AvgIpc) is 2.68. The minimum atomic E-state index is -0.551. The predicted octanol–water partition coefficient (Wildman–Crippen LogP) is 2.08. The lowest BCUT2D eigenvalue weighted by Gasteiger charge is -2.16. The summed E-state index contributed by atoms with van der Waals surface area (Å²) in [5.74, 6) is -0.710. The van der Waals surface area contributed by atoms with Crippen molar-refractivity contribution in [3.63, 3.8) is 0 Å². The number of halogens is 1. The Bertz CT molecular complexity index is 582. The summed E-state index contributed by atoms with van der Waals surface area (Å²) in [6, 6.07) is 5.67. The van der Waals surface area contributed by atoms with Crippen molar-refractivity contribution in [2.75, 3.05) is 11.4 Å². The molecule has 1 aliphatic heterocycles. The van der Waals surface area contributed by atoms with E-state index in [9.17, 15) is 14.0 Å². The van der Waals surface area contributed by atoms with Gasteiger partial charge in [-0.15, -0.1) is 0 Å². The van der Waals surface area contributed by atoms with Crippen LogP contribution < -0.4 is 4.90 Å². The van der Waals surface area contributed by atoms with E-state index in [0.717, 1.165) is 17.8 Å². The Morgan fingerprint density at radius 3 is 2.89 bits per heavy atom. The number of hydrogen-bond donors (Lipinski definition) is 0. The lowest BCUT2D eigenvalue weighted by Crippen LogP contribution is -2.25. The second kappa shape index (κ2) is 5.41. The Hall–Kier alpha value is -1.87. The molecule has 0 radical (unpaired) electrons. The van der Waals surface area contributed by atoms with Gasteiger partial charge in [-0.25, -0.2) is 4.39 Å². The van der Waals surface area contributed by atoms with Crippen LogP contribution in [0.2, 0.25) is 0 Å². The number of amides is 1. The molecule has 1 heterocycles. The normalized spacial score (nSPS) is 18.5. The van der Waals surface area contributed by atoms with Crippen LogP contribution in [0.25, 0.3) is 0 Å². The van der Waals surface area contributed by atoms with Crippen molar-refractivity contribution in [2.24, 2.45) is 0 Å². The van der Waals surface area contributed by atoms with Crippen LogP contribution in [-0.2, 0) is 9.59 Å². The van der Waals surface area contributed by atoms with Gasteiger partial charge in [0.25, 0.3) is 0 Å². The molecule has 1 aromatic rings. The van der Waals surface area contributed by atoms with E-state index in [1.807, 2.05) is 6.07 Å². The van der Waals surface area contributed by atoms with Crippen molar-refractivity contribution in [3.05, 3.63) is 29.6 Å². The zero-order chi connectivity index (χ0) is 14.0. The Morgan fingerprint density at radius 2 is 2.26 bits per heavy atom. The van der Waals surface area contributed by atoms with Crippen LogP contribution in [0.15, 0.2) is 18.2 Å². The Labute approximate surface area is 114 Å². The van der Waals surface area contributed by atoms with Crippen LogP contribution in [-0.4, -0.2) is 22.8 Å². The summed E-state index contributed by atoms with van der Waals surface area (Å²) in [5.41, 5.74) is 0.540. The number of hydrogen-bond acceptors (Lipinski definition) is 4. The highest BCUT2D eigenvalue weighted by Crippen LogP contribution is 2.29. The maximum Gasteiger partial charge on any atom is 0.228 e. The summed E-state index contributed by atoms with van der Waals surface area (Å²) >= 11 is 1.12. The zero-order valence-corrected chi connectivity index (χ0v) is 11.0. The lowest BCUT2D eigenvalue weighted by molar-refractivity contribution is -0.117. The third kappa shape index (κ3) is 3.12. The van der Waals surface area contributed by atoms with Crippen molar-refractivity contribution >= 4 is 28.5 Å². The van der Waals surface area contributed by atoms with Gasteiger partial charge in [0.2, 0.25) is 5.91 Å². The van der Waals surface area contributed by atoms with E-state index in [1.165, 1.54) is 24.0 Å². The number of nitrogens with zero attached hydrogens (tertiary/aromatic N) is 2. The maximum atomic E-state index is 13.4. The molecule has 0 saturated carbocycles.